The first-order chi connectivity index (χ1) is 40.4. The van der Waals surface area contributed by atoms with Crippen LogP contribution in [0.5, 0.6) is 11.5 Å². The maximum Gasteiger partial charge on any atom is 0.256 e. The minimum atomic E-state index is -2.45. The lowest BCUT2D eigenvalue weighted by Crippen LogP contribution is -2.59. The smallest absolute Gasteiger partial charge is 0.256 e. The average molecular weight is 1010 g/mol. The van der Waals surface area contributed by atoms with Gasteiger partial charge in [-0.15, -0.1) is 0 Å². The van der Waals surface area contributed by atoms with Crippen molar-refractivity contribution in [2.24, 2.45) is 0 Å². The van der Waals surface area contributed by atoms with Gasteiger partial charge in [-0.05, 0) is 113 Å². The third-order valence-electron chi connectivity index (χ3n) is 16.8. The molecule has 6 heteroatoms. The molecular formula is C73H47BN4O. The molecule has 15 aromatic rings. The van der Waals surface area contributed by atoms with Gasteiger partial charge in [0.25, 0.3) is 6.71 Å². The maximum atomic E-state index is 9.03. The molecule has 0 spiro atoms. The molecule has 5 heterocycles. The van der Waals surface area contributed by atoms with Gasteiger partial charge in [-0.3, -0.25) is 0 Å². The second-order valence-electron chi connectivity index (χ2n) is 20.9. The van der Waals surface area contributed by atoms with E-state index >= 15 is 0 Å². The third kappa shape index (κ3) is 6.34. The summed E-state index contributed by atoms with van der Waals surface area (Å²) in [6.07, 6.45) is 0. The number of aryl methyl sites for hydroxylation is 1. The van der Waals surface area contributed by atoms with Crippen LogP contribution in [0.4, 0.5) is 17.1 Å². The fourth-order valence-electron chi connectivity index (χ4n) is 13.6. The molecule has 0 amide bonds. The molecule has 79 heavy (non-hydrogen) atoms. The Kier molecular flexibility index (Phi) is 8.73. The van der Waals surface area contributed by atoms with E-state index in [0.717, 1.165) is 106 Å². The van der Waals surface area contributed by atoms with E-state index < -0.39 is 6.85 Å². The van der Waals surface area contributed by atoms with Gasteiger partial charge < -0.3 is 23.3 Å². The average Bonchev–Trinajstić information content (AvgIpc) is 2.05. The van der Waals surface area contributed by atoms with Crippen molar-refractivity contribution in [3.63, 3.8) is 0 Å². The second kappa shape index (κ2) is 16.9. The lowest BCUT2D eigenvalue weighted by atomic mass is 9.34. The first kappa shape index (κ1) is 40.9. The quantitative estimate of drug-likeness (QED) is 0.155. The summed E-state index contributed by atoms with van der Waals surface area (Å²) in [5.74, 6) is 1.22. The van der Waals surface area contributed by atoms with Crippen molar-refractivity contribution in [1.82, 2.24) is 13.7 Å². The first-order valence-electron chi connectivity index (χ1n) is 28.5. The van der Waals surface area contributed by atoms with Crippen LogP contribution in [-0.4, -0.2) is 20.4 Å². The Balaban J connectivity index is 0.965. The lowest BCUT2D eigenvalue weighted by molar-refractivity contribution is 0.487. The Morgan fingerprint density at radius 1 is 0.342 bits per heavy atom. The third-order valence-corrected chi connectivity index (χ3v) is 16.8. The van der Waals surface area contributed by atoms with Crippen molar-refractivity contribution in [2.45, 2.75) is 6.85 Å². The van der Waals surface area contributed by atoms with Gasteiger partial charge in [0.05, 0.1) is 50.2 Å². The molecule has 368 valence electrons. The highest BCUT2D eigenvalue weighted by atomic mass is 16.5. The van der Waals surface area contributed by atoms with E-state index in [9.17, 15) is 0 Å². The molecule has 3 aromatic heterocycles. The summed E-state index contributed by atoms with van der Waals surface area (Å²) in [7, 11) is 0. The molecule has 0 fully saturated rings. The highest BCUT2D eigenvalue weighted by molar-refractivity contribution is 6.99. The van der Waals surface area contributed by atoms with Gasteiger partial charge in [0.2, 0.25) is 0 Å². The highest BCUT2D eigenvalue weighted by Gasteiger charge is 2.43. The standard InChI is InChI=1S/C73H47BN4O/c1-46-42-69-72-71(43-46)79-70-45-49(75-61-31-13-6-23-52(61)53-24-7-14-32-62(53)75)39-41-59(70)74(72)58-40-38-48(44-68(58)77(69)60-30-12-5-22-50(60)47-20-3-2-4-21-47)51-29-19-37-67(76-63-33-15-8-25-54(63)55-26-9-16-34-64(55)76)73(51)78-65-35-17-10-27-56(65)57-28-11-18-36-66(57)78/h2-45H,1H3/i1D3. The molecule has 0 saturated carbocycles. The van der Waals surface area contributed by atoms with E-state index in [0.29, 0.717) is 11.5 Å². The monoisotopic (exact) mass is 1010 g/mol. The largest absolute Gasteiger partial charge is 0.458 e. The van der Waals surface area contributed by atoms with Crippen molar-refractivity contribution in [1.29, 1.82) is 0 Å². The highest BCUT2D eigenvalue weighted by Crippen LogP contribution is 2.48. The number of benzene rings is 12. The topological polar surface area (TPSA) is 27.3 Å². The van der Waals surface area contributed by atoms with Crippen LogP contribution in [0.3, 0.4) is 0 Å². The SMILES string of the molecule is [2H]C([2H])([2H])c1cc2c3c(c1)N(c1ccccc1-c1ccccc1)c1cc(-c4cccc(-n5c6ccccc6c6ccccc65)c4-n4c5ccccc5c5ccccc54)ccc1B3c1ccc(-n3c4ccccc4c4ccccc43)cc1O2. The molecule has 5 nitrogen and oxygen atoms in total. The van der Waals surface area contributed by atoms with Crippen LogP contribution in [0.15, 0.2) is 267 Å². The second-order valence-corrected chi connectivity index (χ2v) is 20.9. The molecular weight excluding hydrogens is 960 g/mol. The maximum absolute atomic E-state index is 9.03. The van der Waals surface area contributed by atoms with E-state index in [-0.39, 0.29) is 12.3 Å². The summed E-state index contributed by atoms with van der Waals surface area (Å²) in [5.41, 5.74) is 19.6. The molecule has 0 atom stereocenters. The number of nitrogens with zero attached hydrogens (tertiary/aromatic N) is 4. The van der Waals surface area contributed by atoms with Crippen LogP contribution >= 0.6 is 0 Å². The first-order valence-corrected chi connectivity index (χ1v) is 27.0. The van der Waals surface area contributed by atoms with Crippen molar-refractivity contribution in [2.75, 3.05) is 4.90 Å². The summed E-state index contributed by atoms with van der Waals surface area (Å²) >= 11 is 0. The molecule has 2 aliphatic heterocycles. The molecule has 0 N–H and O–H groups in total. The predicted molar refractivity (Wildman–Crippen MR) is 331 cm³/mol. The van der Waals surface area contributed by atoms with Gasteiger partial charge in [0.1, 0.15) is 11.5 Å². The molecule has 0 radical (unpaired) electrons. The van der Waals surface area contributed by atoms with Gasteiger partial charge in [0.15, 0.2) is 0 Å². The van der Waals surface area contributed by atoms with Crippen molar-refractivity contribution >= 4 is 106 Å². The fourth-order valence-corrected chi connectivity index (χ4v) is 13.6. The van der Waals surface area contributed by atoms with Gasteiger partial charge in [-0.1, -0.05) is 188 Å². The summed E-state index contributed by atoms with van der Waals surface area (Å²) in [6, 6.07) is 94.8. The van der Waals surface area contributed by atoms with E-state index in [1.807, 2.05) is 12.1 Å². The van der Waals surface area contributed by atoms with Crippen LogP contribution in [0, 0.1) is 6.85 Å². The number of hydrogen-bond donors (Lipinski definition) is 0. The van der Waals surface area contributed by atoms with E-state index in [1.165, 1.54) is 32.3 Å². The molecule has 2 aliphatic rings. The van der Waals surface area contributed by atoms with Gasteiger partial charge in [-0.25, -0.2) is 0 Å². The molecule has 0 aliphatic carbocycles. The zero-order valence-electron chi connectivity index (χ0n) is 45.7. The summed E-state index contributed by atoms with van der Waals surface area (Å²) < 4.78 is 41.5. The van der Waals surface area contributed by atoms with Crippen molar-refractivity contribution in [3.05, 3.63) is 272 Å². The van der Waals surface area contributed by atoms with Crippen molar-refractivity contribution < 1.29 is 8.85 Å². The zero-order chi connectivity index (χ0) is 54.4. The zero-order valence-corrected chi connectivity index (χ0v) is 42.7. The number of aromatic nitrogens is 3. The lowest BCUT2D eigenvalue weighted by Gasteiger charge is -2.41. The predicted octanol–water partition coefficient (Wildman–Crippen LogP) is 17.0. The summed E-state index contributed by atoms with van der Waals surface area (Å²) in [5, 5.41) is 7.06. The number of hydrogen-bond acceptors (Lipinski definition) is 2. The van der Waals surface area contributed by atoms with Crippen LogP contribution < -0.4 is 26.0 Å². The van der Waals surface area contributed by atoms with E-state index in [2.05, 4.69) is 267 Å². The molecule has 0 saturated heterocycles. The summed E-state index contributed by atoms with van der Waals surface area (Å²) in [4.78, 5) is 2.31. The minimum Gasteiger partial charge on any atom is -0.458 e. The number of rotatable bonds is 6. The van der Waals surface area contributed by atoms with Crippen LogP contribution in [-0.2, 0) is 0 Å². The molecule has 0 unspecified atom stereocenters. The Labute approximate surface area is 460 Å². The Hall–Kier alpha value is -10.3. The van der Waals surface area contributed by atoms with Gasteiger partial charge >= 0.3 is 0 Å². The Bertz CT molecular complexity index is 5010. The van der Waals surface area contributed by atoms with E-state index in [1.54, 1.807) is 6.07 Å². The van der Waals surface area contributed by atoms with Crippen LogP contribution in [0.25, 0.3) is 105 Å². The van der Waals surface area contributed by atoms with Crippen LogP contribution in [0.2, 0.25) is 0 Å². The van der Waals surface area contributed by atoms with Crippen LogP contribution in [0.1, 0.15) is 9.68 Å². The Morgan fingerprint density at radius 2 is 0.848 bits per heavy atom. The van der Waals surface area contributed by atoms with E-state index in [4.69, 9.17) is 8.85 Å². The van der Waals surface area contributed by atoms with Crippen molar-refractivity contribution in [3.8, 4) is 50.8 Å². The summed E-state index contributed by atoms with van der Waals surface area (Å²) in [6.45, 7) is -2.77. The Morgan fingerprint density at radius 3 is 1.46 bits per heavy atom. The molecule has 17 rings (SSSR count). The number of para-hydroxylation sites is 8. The normalized spacial score (nSPS) is 13.4. The fraction of sp³-hybridized carbons (Fsp3) is 0.0137. The molecule has 0 bridgehead atoms. The van der Waals surface area contributed by atoms with Gasteiger partial charge in [-0.2, -0.15) is 0 Å². The number of ether oxygens (including phenoxy) is 1. The van der Waals surface area contributed by atoms with Gasteiger partial charge in [0, 0.05) is 70.7 Å². The molecule has 12 aromatic carbocycles. The number of anilines is 3. The number of fused-ring (bicyclic) bond motifs is 13. The minimum absolute atomic E-state index is 0.205.